The van der Waals surface area contributed by atoms with E-state index in [1.807, 2.05) is 0 Å². The van der Waals surface area contributed by atoms with Crippen molar-refractivity contribution in [3.63, 3.8) is 0 Å². The molecule has 1 fully saturated rings. The van der Waals surface area contributed by atoms with E-state index in [9.17, 15) is 19.8 Å². The lowest BCUT2D eigenvalue weighted by Crippen LogP contribution is -2.41. The maximum Gasteiger partial charge on any atom is 0.305 e. The summed E-state index contributed by atoms with van der Waals surface area (Å²) in [6, 6.07) is 0. The molecule has 1 saturated heterocycles. The third-order valence-corrected chi connectivity index (χ3v) is 6.66. The minimum absolute atomic E-state index is 0.0248. The van der Waals surface area contributed by atoms with Crippen LogP contribution < -0.4 is 0 Å². The van der Waals surface area contributed by atoms with Crippen molar-refractivity contribution in [2.24, 2.45) is 0 Å². The molecular formula is C29H56O10. The van der Waals surface area contributed by atoms with Crippen LogP contribution in [0.15, 0.2) is 0 Å². The molecule has 0 amide bonds. The lowest BCUT2D eigenvalue weighted by atomic mass is 10.0. The first kappa shape index (κ1) is 37.7. The minimum atomic E-state index is -1.14. The second kappa shape index (κ2) is 25.7. The zero-order valence-corrected chi connectivity index (χ0v) is 24.3. The van der Waals surface area contributed by atoms with Gasteiger partial charge in [0.05, 0.1) is 13.2 Å². The number of unbranched alkanes of at least 4 members (excludes halogenated alkanes) is 14. The van der Waals surface area contributed by atoms with Gasteiger partial charge in [-0.05, 0) is 6.42 Å². The van der Waals surface area contributed by atoms with Crippen LogP contribution in [0.1, 0.15) is 117 Å². The van der Waals surface area contributed by atoms with Gasteiger partial charge in [-0.2, -0.15) is 0 Å². The highest BCUT2D eigenvalue weighted by Crippen LogP contribution is 2.18. The van der Waals surface area contributed by atoms with Crippen LogP contribution in [0.4, 0.5) is 0 Å². The fraction of sp³-hybridized carbons (Fsp3) is 0.931. The summed E-state index contributed by atoms with van der Waals surface area (Å²) >= 11 is 0. The Morgan fingerprint density at radius 1 is 0.795 bits per heavy atom. The summed E-state index contributed by atoms with van der Waals surface area (Å²) in [5, 5.41) is 45.5. The normalized spacial score (nSPS) is 20.1. The Balaban J connectivity index is 0.000000864. The maximum absolute atomic E-state index is 11.4. The second-order valence-corrected chi connectivity index (χ2v) is 10.4. The molecule has 232 valence electrons. The molecule has 0 aromatic heterocycles. The number of hydrogen-bond acceptors (Lipinski definition) is 10. The van der Waals surface area contributed by atoms with Crippen molar-refractivity contribution in [3.05, 3.63) is 0 Å². The molecule has 0 aromatic rings. The van der Waals surface area contributed by atoms with Crippen LogP contribution >= 0.6 is 0 Å². The summed E-state index contributed by atoms with van der Waals surface area (Å²) in [6.45, 7) is 2.74. The summed E-state index contributed by atoms with van der Waals surface area (Å²) in [4.78, 5) is 21.8. The third kappa shape index (κ3) is 22.1. The van der Waals surface area contributed by atoms with Crippen molar-refractivity contribution in [1.29, 1.82) is 0 Å². The highest BCUT2D eigenvalue weighted by molar-refractivity contribution is 5.69. The van der Waals surface area contributed by atoms with Crippen molar-refractivity contribution in [1.82, 2.24) is 0 Å². The third-order valence-electron chi connectivity index (χ3n) is 6.66. The number of hydrogen-bond donors (Lipinski definition) is 5. The van der Waals surface area contributed by atoms with Crippen LogP contribution in [0.3, 0.4) is 0 Å². The first-order valence-electron chi connectivity index (χ1n) is 15.0. The predicted octanol–water partition coefficient (Wildman–Crippen LogP) is 3.18. The first-order chi connectivity index (χ1) is 18.7. The van der Waals surface area contributed by atoms with Gasteiger partial charge < -0.3 is 39.7 Å². The van der Waals surface area contributed by atoms with Crippen LogP contribution in [0.5, 0.6) is 0 Å². The molecule has 1 rings (SSSR count). The Kier molecular flexibility index (Phi) is 24.8. The lowest BCUT2D eigenvalue weighted by molar-refractivity contribution is -0.148. The van der Waals surface area contributed by atoms with Gasteiger partial charge in [-0.15, -0.1) is 0 Å². The molecule has 1 aliphatic rings. The Bertz CT molecular complexity index is 588. The smallest absolute Gasteiger partial charge is 0.305 e. The van der Waals surface area contributed by atoms with E-state index in [2.05, 4.69) is 11.7 Å². The number of ether oxygens (including phenoxy) is 3. The minimum Gasteiger partial charge on any atom is -0.463 e. The van der Waals surface area contributed by atoms with Gasteiger partial charge >= 0.3 is 11.9 Å². The quantitative estimate of drug-likeness (QED) is 0.0975. The molecule has 0 bridgehead atoms. The average Bonchev–Trinajstić information content (AvgIpc) is 3.26. The molecule has 1 aliphatic heterocycles. The molecule has 10 nitrogen and oxygen atoms in total. The van der Waals surface area contributed by atoms with Crippen LogP contribution in [0, 0.1) is 0 Å². The van der Waals surface area contributed by atoms with Crippen molar-refractivity contribution in [3.8, 4) is 0 Å². The summed E-state index contributed by atoms with van der Waals surface area (Å²) in [5.74, 6) is -0.792. The zero-order chi connectivity index (χ0) is 29.3. The van der Waals surface area contributed by atoms with Crippen molar-refractivity contribution >= 4 is 11.9 Å². The maximum atomic E-state index is 11.4. The number of esters is 2. The van der Waals surface area contributed by atoms with E-state index in [4.69, 9.17) is 24.8 Å². The molecule has 0 aromatic carbocycles. The van der Waals surface area contributed by atoms with Crippen molar-refractivity contribution in [2.45, 2.75) is 147 Å². The molecule has 39 heavy (non-hydrogen) atoms. The molecule has 0 aliphatic carbocycles. The number of rotatable bonds is 22. The second-order valence-electron chi connectivity index (χ2n) is 10.4. The number of carbonyl (C=O) groups is 2. The summed E-state index contributed by atoms with van der Waals surface area (Å²) in [6.07, 6.45) is 14.9. The average molecular weight is 565 g/mol. The van der Waals surface area contributed by atoms with Gasteiger partial charge in [0.25, 0.3) is 0 Å². The Morgan fingerprint density at radius 3 is 1.69 bits per heavy atom. The molecule has 0 radical (unpaired) electrons. The Morgan fingerprint density at radius 2 is 1.28 bits per heavy atom. The summed E-state index contributed by atoms with van der Waals surface area (Å²) < 4.78 is 14.3. The van der Waals surface area contributed by atoms with Crippen LogP contribution in [0.25, 0.3) is 0 Å². The predicted molar refractivity (Wildman–Crippen MR) is 148 cm³/mol. The summed E-state index contributed by atoms with van der Waals surface area (Å²) in [7, 11) is 0. The Labute approximate surface area is 235 Å². The molecule has 0 spiro atoms. The van der Waals surface area contributed by atoms with E-state index in [0.717, 1.165) is 12.8 Å². The molecule has 5 atom stereocenters. The highest BCUT2D eigenvalue weighted by atomic mass is 16.6. The SMILES string of the molecule is CC(=O)OCC(O)[C@H]1OC[C@@H](O)C1O.CCCCCCCCCCCCCCCCCC(=O)OCC(O)CO. The lowest BCUT2D eigenvalue weighted by Gasteiger charge is -2.20. The summed E-state index contributed by atoms with van der Waals surface area (Å²) in [5.41, 5.74) is 0. The molecule has 5 N–H and O–H groups in total. The van der Waals surface area contributed by atoms with Crippen LogP contribution in [0.2, 0.25) is 0 Å². The van der Waals surface area contributed by atoms with Crippen LogP contribution in [-0.4, -0.2) is 94.4 Å². The number of aliphatic hydroxyl groups excluding tert-OH is 5. The molecule has 3 unspecified atom stereocenters. The monoisotopic (exact) mass is 564 g/mol. The van der Waals surface area contributed by atoms with Gasteiger partial charge in [-0.25, -0.2) is 0 Å². The van der Waals surface area contributed by atoms with Gasteiger partial charge in [0, 0.05) is 13.3 Å². The van der Waals surface area contributed by atoms with Gasteiger partial charge in [0.15, 0.2) is 0 Å². The Hall–Kier alpha value is -1.30. The van der Waals surface area contributed by atoms with Crippen molar-refractivity contribution in [2.75, 3.05) is 26.4 Å². The highest BCUT2D eigenvalue weighted by Gasteiger charge is 2.39. The zero-order valence-electron chi connectivity index (χ0n) is 24.3. The van der Waals surface area contributed by atoms with Gasteiger partial charge in [0.1, 0.15) is 43.7 Å². The van der Waals surface area contributed by atoms with Gasteiger partial charge in [-0.1, -0.05) is 96.8 Å². The fourth-order valence-electron chi connectivity index (χ4n) is 4.22. The van der Waals surface area contributed by atoms with E-state index in [1.54, 1.807) is 0 Å². The largest absolute Gasteiger partial charge is 0.463 e. The molecular weight excluding hydrogens is 508 g/mol. The van der Waals surface area contributed by atoms with E-state index >= 15 is 0 Å². The first-order valence-corrected chi connectivity index (χ1v) is 15.0. The fourth-order valence-corrected chi connectivity index (χ4v) is 4.22. The van der Waals surface area contributed by atoms with E-state index in [-0.39, 0.29) is 32.4 Å². The number of aliphatic hydroxyl groups is 5. The molecule has 1 heterocycles. The molecule has 0 saturated carbocycles. The van der Waals surface area contributed by atoms with E-state index < -0.39 is 36.5 Å². The number of carbonyl (C=O) groups excluding carboxylic acids is 2. The van der Waals surface area contributed by atoms with E-state index in [0.29, 0.717) is 6.42 Å². The molecule has 10 heteroatoms. The van der Waals surface area contributed by atoms with Crippen LogP contribution in [-0.2, 0) is 23.8 Å². The van der Waals surface area contributed by atoms with E-state index in [1.165, 1.54) is 90.4 Å². The standard InChI is InChI=1S/C21H42O4.C8H14O6/c1-2-3-4-5-6-7-8-9-10-11-12-13-14-15-16-17-21(24)25-19-20(23)18-22;1-4(9)13-3-6(11)8-7(12)5(10)2-14-8/h20,22-23H,2-19H2,1H3;5-8,10-12H,2-3H2,1H3/t;5-,6?,7?,8-/m.1/s1. The van der Waals surface area contributed by atoms with Crippen molar-refractivity contribution < 1.29 is 49.3 Å². The van der Waals surface area contributed by atoms with Gasteiger partial charge in [0.2, 0.25) is 0 Å². The topological polar surface area (TPSA) is 163 Å². The van der Waals surface area contributed by atoms with Gasteiger partial charge in [-0.3, -0.25) is 9.59 Å².